The van der Waals surface area contributed by atoms with E-state index in [-0.39, 0.29) is 11.9 Å². The lowest BCUT2D eigenvalue weighted by Gasteiger charge is -2.49. The smallest absolute Gasteiger partial charge is 0.232 e. The Morgan fingerprint density at radius 1 is 1.19 bits per heavy atom. The highest BCUT2D eigenvalue weighted by molar-refractivity contribution is 5.85. The fourth-order valence-electron chi connectivity index (χ4n) is 3.37. The van der Waals surface area contributed by atoms with Crippen molar-refractivity contribution in [3.05, 3.63) is 35.9 Å². The molecule has 1 aliphatic heterocycles. The first-order valence-electron chi connectivity index (χ1n) is 7.71. The molecular weight excluding hydrogens is 266 g/mol. The zero-order valence-corrected chi connectivity index (χ0v) is 12.7. The minimum atomic E-state index is -0.772. The Kier molecular flexibility index (Phi) is 3.76. The van der Waals surface area contributed by atoms with E-state index >= 15 is 0 Å². The Labute approximate surface area is 125 Å². The Hall–Kier alpha value is -1.39. The van der Waals surface area contributed by atoms with Crippen LogP contribution in [0, 0.1) is 5.41 Å². The van der Waals surface area contributed by atoms with Crippen molar-refractivity contribution in [2.45, 2.75) is 44.9 Å². The van der Waals surface area contributed by atoms with Gasteiger partial charge in [-0.25, -0.2) is 0 Å². The van der Waals surface area contributed by atoms with Gasteiger partial charge in [0.1, 0.15) is 5.41 Å². The zero-order chi connectivity index (χ0) is 14.9. The second kappa shape index (κ2) is 5.43. The molecule has 1 heterocycles. The number of carbonyl (C=O) groups excluding carboxylic acids is 1. The first-order valence-corrected chi connectivity index (χ1v) is 7.71. The topological polar surface area (TPSA) is 47.6 Å². The summed E-state index contributed by atoms with van der Waals surface area (Å²) in [5, 5.41) is 3.14. The minimum Gasteiger partial charge on any atom is -0.349 e. The molecule has 1 saturated heterocycles. The molecule has 1 atom stereocenters. The molecule has 1 N–H and O–H groups in total. The lowest BCUT2D eigenvalue weighted by Crippen LogP contribution is -2.60. The summed E-state index contributed by atoms with van der Waals surface area (Å²) in [6, 6.07) is 10.0. The standard InChI is InChI=1S/C17H23NO3/c1-13(14-7-4-3-5-8-14)18-15(19)17(9-6-10-17)16(2)20-11-12-21-16/h3-5,7-8,13H,6,9-12H2,1-2H3,(H,18,19)/t13-/m1/s1. The van der Waals surface area contributed by atoms with Crippen LogP contribution < -0.4 is 5.32 Å². The minimum absolute atomic E-state index is 0.0128. The third-order valence-electron chi connectivity index (χ3n) is 5.00. The molecule has 21 heavy (non-hydrogen) atoms. The summed E-state index contributed by atoms with van der Waals surface area (Å²) in [7, 11) is 0. The first-order chi connectivity index (χ1) is 10.1. The van der Waals surface area contributed by atoms with Gasteiger partial charge in [0, 0.05) is 0 Å². The van der Waals surface area contributed by atoms with E-state index in [2.05, 4.69) is 5.32 Å². The second-order valence-electron chi connectivity index (χ2n) is 6.18. The quantitative estimate of drug-likeness (QED) is 0.927. The third-order valence-corrected chi connectivity index (χ3v) is 5.00. The van der Waals surface area contributed by atoms with Crippen LogP contribution in [-0.2, 0) is 14.3 Å². The molecule has 3 rings (SSSR count). The number of nitrogens with one attached hydrogen (secondary N) is 1. The molecule has 0 radical (unpaired) electrons. The van der Waals surface area contributed by atoms with E-state index in [0.717, 1.165) is 24.8 Å². The summed E-state index contributed by atoms with van der Waals surface area (Å²) in [5.74, 6) is -0.722. The maximum absolute atomic E-state index is 12.9. The van der Waals surface area contributed by atoms with Crippen molar-refractivity contribution >= 4 is 5.91 Å². The van der Waals surface area contributed by atoms with Gasteiger partial charge in [0.15, 0.2) is 5.79 Å². The maximum atomic E-state index is 12.9. The van der Waals surface area contributed by atoms with Gasteiger partial charge >= 0.3 is 0 Å². The summed E-state index contributed by atoms with van der Waals surface area (Å²) in [6.07, 6.45) is 2.71. The Morgan fingerprint density at radius 2 is 1.81 bits per heavy atom. The highest BCUT2D eigenvalue weighted by Gasteiger charge is 2.61. The molecule has 0 aromatic heterocycles. The third kappa shape index (κ3) is 2.36. The van der Waals surface area contributed by atoms with E-state index in [0.29, 0.717) is 13.2 Å². The average molecular weight is 289 g/mol. The normalized spacial score (nSPS) is 24.1. The van der Waals surface area contributed by atoms with Crippen LogP contribution in [0.4, 0.5) is 0 Å². The summed E-state index contributed by atoms with van der Waals surface area (Å²) in [4.78, 5) is 12.9. The largest absolute Gasteiger partial charge is 0.349 e. The van der Waals surface area contributed by atoms with Gasteiger partial charge in [-0.05, 0) is 32.3 Å². The molecule has 4 nitrogen and oxygen atoms in total. The molecule has 1 amide bonds. The molecule has 2 fully saturated rings. The first kappa shape index (κ1) is 14.5. The van der Waals surface area contributed by atoms with E-state index in [1.54, 1.807) is 0 Å². The van der Waals surface area contributed by atoms with Gasteiger partial charge in [-0.2, -0.15) is 0 Å². The lowest BCUT2D eigenvalue weighted by molar-refractivity contribution is -0.243. The van der Waals surface area contributed by atoms with E-state index in [1.807, 2.05) is 44.2 Å². The van der Waals surface area contributed by atoms with Crippen molar-refractivity contribution in [2.24, 2.45) is 5.41 Å². The lowest BCUT2D eigenvalue weighted by atomic mass is 9.62. The van der Waals surface area contributed by atoms with Crippen LogP contribution in [0.5, 0.6) is 0 Å². The van der Waals surface area contributed by atoms with Gasteiger partial charge < -0.3 is 14.8 Å². The molecule has 0 bridgehead atoms. The number of ether oxygens (including phenoxy) is 2. The molecule has 0 unspecified atom stereocenters. The van der Waals surface area contributed by atoms with Crippen LogP contribution in [0.2, 0.25) is 0 Å². The molecule has 1 aliphatic carbocycles. The number of amides is 1. The molecule has 1 saturated carbocycles. The van der Waals surface area contributed by atoms with Crippen LogP contribution in [-0.4, -0.2) is 24.9 Å². The number of carbonyl (C=O) groups is 1. The predicted molar refractivity (Wildman–Crippen MR) is 79.6 cm³/mol. The number of hydrogen-bond donors (Lipinski definition) is 1. The van der Waals surface area contributed by atoms with Gasteiger partial charge in [-0.15, -0.1) is 0 Å². The Morgan fingerprint density at radius 3 is 2.33 bits per heavy atom. The maximum Gasteiger partial charge on any atom is 0.232 e. The number of rotatable bonds is 4. The van der Waals surface area contributed by atoms with E-state index < -0.39 is 11.2 Å². The number of hydrogen-bond acceptors (Lipinski definition) is 3. The van der Waals surface area contributed by atoms with E-state index in [4.69, 9.17) is 9.47 Å². The Bertz CT molecular complexity index is 504. The summed E-state index contributed by atoms with van der Waals surface area (Å²) in [6.45, 7) is 5.06. The molecule has 1 aromatic carbocycles. The fourth-order valence-corrected chi connectivity index (χ4v) is 3.37. The summed E-state index contributed by atoms with van der Waals surface area (Å²) >= 11 is 0. The molecule has 114 valence electrons. The van der Waals surface area contributed by atoms with Gasteiger partial charge in [-0.1, -0.05) is 36.8 Å². The monoisotopic (exact) mass is 289 g/mol. The van der Waals surface area contributed by atoms with Crippen LogP contribution in [0.25, 0.3) is 0 Å². The fraction of sp³-hybridized carbons (Fsp3) is 0.588. The van der Waals surface area contributed by atoms with Crippen molar-refractivity contribution < 1.29 is 14.3 Å². The van der Waals surface area contributed by atoms with Crippen molar-refractivity contribution in [1.29, 1.82) is 0 Å². The zero-order valence-electron chi connectivity index (χ0n) is 12.7. The predicted octanol–water partition coefficient (Wildman–Crippen LogP) is 2.80. The SMILES string of the molecule is C[C@@H](NC(=O)C1(C2(C)OCCO2)CCC1)c1ccccc1. The summed E-state index contributed by atoms with van der Waals surface area (Å²) < 4.78 is 11.5. The molecule has 1 aromatic rings. The van der Waals surface area contributed by atoms with Crippen molar-refractivity contribution in [3.8, 4) is 0 Å². The number of benzene rings is 1. The Balaban J connectivity index is 1.74. The van der Waals surface area contributed by atoms with Gasteiger partial charge in [0.2, 0.25) is 5.91 Å². The average Bonchev–Trinajstić information content (AvgIpc) is 2.86. The highest BCUT2D eigenvalue weighted by atomic mass is 16.7. The van der Waals surface area contributed by atoms with E-state index in [9.17, 15) is 4.79 Å². The summed E-state index contributed by atoms with van der Waals surface area (Å²) in [5.41, 5.74) is 0.575. The van der Waals surface area contributed by atoms with Gasteiger partial charge in [0.05, 0.1) is 19.3 Å². The van der Waals surface area contributed by atoms with E-state index in [1.165, 1.54) is 0 Å². The second-order valence-corrected chi connectivity index (χ2v) is 6.18. The van der Waals surface area contributed by atoms with Crippen LogP contribution in [0.3, 0.4) is 0 Å². The molecule has 2 aliphatic rings. The van der Waals surface area contributed by atoms with Crippen molar-refractivity contribution in [1.82, 2.24) is 5.32 Å². The van der Waals surface area contributed by atoms with Gasteiger partial charge in [-0.3, -0.25) is 4.79 Å². The van der Waals surface area contributed by atoms with Crippen LogP contribution >= 0.6 is 0 Å². The highest BCUT2D eigenvalue weighted by Crippen LogP contribution is 2.53. The van der Waals surface area contributed by atoms with Crippen LogP contribution in [0.1, 0.15) is 44.7 Å². The van der Waals surface area contributed by atoms with Gasteiger partial charge in [0.25, 0.3) is 0 Å². The van der Waals surface area contributed by atoms with Crippen molar-refractivity contribution in [2.75, 3.05) is 13.2 Å². The van der Waals surface area contributed by atoms with Crippen LogP contribution in [0.15, 0.2) is 30.3 Å². The van der Waals surface area contributed by atoms with Crippen molar-refractivity contribution in [3.63, 3.8) is 0 Å². The molecular formula is C17H23NO3. The molecule has 0 spiro atoms. The molecule has 4 heteroatoms.